The molecule has 6 heteroatoms. The van der Waals surface area contributed by atoms with Crippen molar-refractivity contribution in [2.45, 2.75) is 47.0 Å². The van der Waals surface area contributed by atoms with Crippen LogP contribution in [0.15, 0.2) is 57.7 Å². The summed E-state index contributed by atoms with van der Waals surface area (Å²) in [7, 11) is 0. The summed E-state index contributed by atoms with van der Waals surface area (Å²) in [6.45, 7) is 7.74. The van der Waals surface area contributed by atoms with Gasteiger partial charge in [0.1, 0.15) is 5.76 Å². The van der Waals surface area contributed by atoms with Crippen molar-refractivity contribution >= 4 is 22.9 Å². The van der Waals surface area contributed by atoms with Gasteiger partial charge in [0.15, 0.2) is 16.8 Å². The van der Waals surface area contributed by atoms with E-state index in [9.17, 15) is 14.4 Å². The average Bonchev–Trinajstić information content (AvgIpc) is 2.75. The molecule has 0 bridgehead atoms. The fourth-order valence-electron chi connectivity index (χ4n) is 3.18. The molecule has 0 aliphatic carbocycles. The molecule has 0 amide bonds. The van der Waals surface area contributed by atoms with Crippen molar-refractivity contribution in [3.8, 4) is 22.8 Å². The Labute approximate surface area is 187 Å². The molecule has 0 aliphatic rings. The van der Waals surface area contributed by atoms with Crippen LogP contribution >= 0.6 is 0 Å². The highest BCUT2D eigenvalue weighted by molar-refractivity contribution is 5.90. The molecule has 1 aromatic heterocycles. The van der Waals surface area contributed by atoms with E-state index in [0.717, 1.165) is 6.42 Å². The third-order valence-electron chi connectivity index (χ3n) is 5.10. The van der Waals surface area contributed by atoms with Crippen LogP contribution in [0, 0.1) is 11.8 Å². The zero-order chi connectivity index (χ0) is 23.3. The molecule has 0 saturated carbocycles. The molecule has 168 valence electrons. The predicted octanol–water partition coefficient (Wildman–Crippen LogP) is 5.75. The number of fused-ring (bicyclic) bond motifs is 1. The zero-order valence-electron chi connectivity index (χ0n) is 18.8. The molecular formula is C26H28O6. The minimum Gasteiger partial charge on any atom is -0.452 e. The van der Waals surface area contributed by atoms with Crippen molar-refractivity contribution in [2.75, 3.05) is 0 Å². The van der Waals surface area contributed by atoms with Gasteiger partial charge in [0.2, 0.25) is 5.75 Å². The number of benzene rings is 2. The van der Waals surface area contributed by atoms with E-state index in [1.807, 2.05) is 58.0 Å². The first kappa shape index (κ1) is 23.3. The first-order chi connectivity index (χ1) is 15.3. The van der Waals surface area contributed by atoms with Crippen LogP contribution in [0.4, 0.5) is 0 Å². The number of hydrogen-bond donors (Lipinski definition) is 0. The van der Waals surface area contributed by atoms with E-state index in [-0.39, 0.29) is 52.6 Å². The van der Waals surface area contributed by atoms with Crippen molar-refractivity contribution < 1.29 is 23.5 Å². The van der Waals surface area contributed by atoms with E-state index in [0.29, 0.717) is 11.3 Å². The number of ether oxygens (including phenoxy) is 2. The fraction of sp³-hybridized carbons (Fsp3) is 0.346. The Hall–Kier alpha value is -3.41. The third-order valence-corrected chi connectivity index (χ3v) is 5.10. The zero-order valence-corrected chi connectivity index (χ0v) is 18.8. The third kappa shape index (κ3) is 5.63. The SMILES string of the molecule is CCC(C)CC(=O)Oc1ccc2c(=O)cc(-c3ccccc3)oc2c1OC(=O)CC(C)C. The first-order valence-corrected chi connectivity index (χ1v) is 10.9. The molecule has 0 saturated heterocycles. The normalized spacial score (nSPS) is 12.0. The average molecular weight is 437 g/mol. The molecule has 0 aliphatic heterocycles. The van der Waals surface area contributed by atoms with Crippen molar-refractivity contribution in [3.63, 3.8) is 0 Å². The lowest BCUT2D eigenvalue weighted by molar-refractivity contribution is -0.138. The standard InChI is InChI=1S/C26H28O6/c1-5-17(4)14-24(29)30-21-12-11-19-20(27)15-22(18-9-7-6-8-10-18)31-25(19)26(21)32-23(28)13-16(2)3/h6-12,15-17H,5,13-14H2,1-4H3. The molecule has 3 rings (SSSR count). The van der Waals surface area contributed by atoms with Crippen LogP contribution in [0.25, 0.3) is 22.3 Å². The van der Waals surface area contributed by atoms with Gasteiger partial charge < -0.3 is 13.9 Å². The maximum Gasteiger partial charge on any atom is 0.311 e. The Morgan fingerprint density at radius 1 is 0.938 bits per heavy atom. The Morgan fingerprint density at radius 3 is 2.28 bits per heavy atom. The molecule has 3 aromatic rings. The second kappa shape index (κ2) is 10.3. The molecule has 2 aromatic carbocycles. The topological polar surface area (TPSA) is 82.8 Å². The molecular weight excluding hydrogens is 408 g/mol. The maximum absolute atomic E-state index is 12.8. The van der Waals surface area contributed by atoms with Gasteiger partial charge in [0.25, 0.3) is 0 Å². The Kier molecular flexibility index (Phi) is 7.46. The predicted molar refractivity (Wildman–Crippen MR) is 123 cm³/mol. The van der Waals surface area contributed by atoms with E-state index >= 15 is 0 Å². The molecule has 1 heterocycles. The Bertz CT molecular complexity index is 1160. The van der Waals surface area contributed by atoms with Gasteiger partial charge >= 0.3 is 11.9 Å². The maximum atomic E-state index is 12.8. The van der Waals surface area contributed by atoms with Gasteiger partial charge in [-0.1, -0.05) is 64.4 Å². The van der Waals surface area contributed by atoms with E-state index in [4.69, 9.17) is 13.9 Å². The summed E-state index contributed by atoms with van der Waals surface area (Å²) in [5.74, 6) is -0.400. The highest BCUT2D eigenvalue weighted by Crippen LogP contribution is 2.37. The lowest BCUT2D eigenvalue weighted by atomic mass is 10.1. The minimum absolute atomic E-state index is 0.0521. The summed E-state index contributed by atoms with van der Waals surface area (Å²) >= 11 is 0. The van der Waals surface area contributed by atoms with Crippen molar-refractivity contribution in [1.29, 1.82) is 0 Å². The fourth-order valence-corrected chi connectivity index (χ4v) is 3.18. The van der Waals surface area contributed by atoms with Gasteiger partial charge in [0.05, 0.1) is 5.39 Å². The summed E-state index contributed by atoms with van der Waals surface area (Å²) in [6, 6.07) is 13.5. The second-order valence-corrected chi connectivity index (χ2v) is 8.37. The number of rotatable bonds is 8. The number of carbonyl (C=O) groups excluding carboxylic acids is 2. The highest BCUT2D eigenvalue weighted by Gasteiger charge is 2.22. The van der Waals surface area contributed by atoms with E-state index in [1.54, 1.807) is 0 Å². The smallest absolute Gasteiger partial charge is 0.311 e. The van der Waals surface area contributed by atoms with Crippen molar-refractivity contribution in [2.24, 2.45) is 11.8 Å². The second-order valence-electron chi connectivity index (χ2n) is 8.37. The summed E-state index contributed by atoms with van der Waals surface area (Å²) in [4.78, 5) is 37.7. The molecule has 0 N–H and O–H groups in total. The molecule has 0 spiro atoms. The molecule has 1 atom stereocenters. The van der Waals surface area contributed by atoms with E-state index in [2.05, 4.69) is 0 Å². The lowest BCUT2D eigenvalue weighted by Crippen LogP contribution is -2.16. The number of carbonyl (C=O) groups is 2. The van der Waals surface area contributed by atoms with Crippen LogP contribution in [-0.2, 0) is 9.59 Å². The largest absolute Gasteiger partial charge is 0.452 e. The molecule has 32 heavy (non-hydrogen) atoms. The van der Waals surface area contributed by atoms with Gasteiger partial charge in [-0.15, -0.1) is 0 Å². The van der Waals surface area contributed by atoms with Crippen LogP contribution in [0.1, 0.15) is 47.0 Å². The molecule has 0 radical (unpaired) electrons. The number of hydrogen-bond acceptors (Lipinski definition) is 6. The monoisotopic (exact) mass is 436 g/mol. The highest BCUT2D eigenvalue weighted by atomic mass is 16.6. The summed E-state index contributed by atoms with van der Waals surface area (Å²) in [5, 5.41) is 0.235. The summed E-state index contributed by atoms with van der Waals surface area (Å²) in [6.07, 6.45) is 1.22. The van der Waals surface area contributed by atoms with Gasteiger partial charge in [0, 0.05) is 24.5 Å². The summed E-state index contributed by atoms with van der Waals surface area (Å²) < 4.78 is 17.2. The lowest BCUT2D eigenvalue weighted by Gasteiger charge is -2.14. The van der Waals surface area contributed by atoms with Crippen LogP contribution < -0.4 is 14.9 Å². The van der Waals surface area contributed by atoms with Gasteiger partial charge in [-0.3, -0.25) is 14.4 Å². The van der Waals surface area contributed by atoms with Gasteiger partial charge in [-0.05, 0) is 24.0 Å². The van der Waals surface area contributed by atoms with Crippen LogP contribution in [-0.4, -0.2) is 11.9 Å². The summed E-state index contributed by atoms with van der Waals surface area (Å²) in [5.41, 5.74) is 0.483. The molecule has 1 unspecified atom stereocenters. The van der Waals surface area contributed by atoms with Crippen LogP contribution in [0.2, 0.25) is 0 Å². The van der Waals surface area contributed by atoms with Crippen LogP contribution in [0.5, 0.6) is 11.5 Å². The Morgan fingerprint density at radius 2 is 1.62 bits per heavy atom. The van der Waals surface area contributed by atoms with Crippen molar-refractivity contribution in [1.82, 2.24) is 0 Å². The molecule has 0 fully saturated rings. The van der Waals surface area contributed by atoms with E-state index in [1.165, 1.54) is 18.2 Å². The van der Waals surface area contributed by atoms with Crippen molar-refractivity contribution in [3.05, 3.63) is 58.8 Å². The van der Waals surface area contributed by atoms with Crippen LogP contribution in [0.3, 0.4) is 0 Å². The quantitative estimate of drug-likeness (QED) is 0.330. The van der Waals surface area contributed by atoms with Gasteiger partial charge in [-0.2, -0.15) is 0 Å². The first-order valence-electron chi connectivity index (χ1n) is 10.9. The van der Waals surface area contributed by atoms with Gasteiger partial charge in [-0.25, -0.2) is 0 Å². The van der Waals surface area contributed by atoms with E-state index < -0.39 is 11.9 Å². The minimum atomic E-state index is -0.500. The Balaban J connectivity index is 2.12. The molecule has 6 nitrogen and oxygen atoms in total. The number of esters is 2.